The van der Waals surface area contributed by atoms with Gasteiger partial charge in [0.15, 0.2) is 6.61 Å². The van der Waals surface area contributed by atoms with Crippen molar-refractivity contribution in [2.24, 2.45) is 0 Å². The van der Waals surface area contributed by atoms with Crippen LogP contribution in [0.25, 0.3) is 10.9 Å². The minimum atomic E-state index is -0.395. The molecule has 0 aliphatic carbocycles. The van der Waals surface area contributed by atoms with Gasteiger partial charge in [-0.2, -0.15) is 0 Å². The summed E-state index contributed by atoms with van der Waals surface area (Å²) >= 11 is 6.54. The Morgan fingerprint density at radius 1 is 1.05 bits per heavy atom. The highest BCUT2D eigenvalue weighted by atomic mass is 35.5. The number of rotatable bonds is 9. The first-order chi connectivity index (χ1) is 18.1. The van der Waals surface area contributed by atoms with Gasteiger partial charge in [-0.05, 0) is 67.4 Å². The molecule has 1 unspecified atom stereocenters. The van der Waals surface area contributed by atoms with Crippen LogP contribution in [0.3, 0.4) is 0 Å². The number of para-hydroxylation sites is 1. The lowest BCUT2D eigenvalue weighted by Gasteiger charge is -2.22. The number of hydrogen-bond acceptors (Lipinski definition) is 5. The van der Waals surface area contributed by atoms with E-state index in [-0.39, 0.29) is 18.3 Å². The van der Waals surface area contributed by atoms with E-state index in [9.17, 15) is 9.90 Å². The summed E-state index contributed by atoms with van der Waals surface area (Å²) in [5, 5.41) is 15.4. The molecule has 3 aromatic carbocycles. The number of hydrogen-bond donors (Lipinski definition) is 2. The molecule has 0 radical (unpaired) electrons. The maximum atomic E-state index is 13.0. The lowest BCUT2D eigenvalue weighted by Crippen LogP contribution is -2.34. The zero-order valence-electron chi connectivity index (χ0n) is 20.6. The van der Waals surface area contributed by atoms with Gasteiger partial charge in [0.1, 0.15) is 17.0 Å². The Morgan fingerprint density at radius 2 is 1.86 bits per heavy atom. The number of phenolic OH excluding ortho intramolecular Hbond substituents is 1. The smallest absolute Gasteiger partial charge is 0.258 e. The van der Waals surface area contributed by atoms with Gasteiger partial charge in [-0.25, -0.2) is 0 Å². The van der Waals surface area contributed by atoms with E-state index in [1.54, 1.807) is 18.3 Å². The number of benzene rings is 3. The molecule has 37 heavy (non-hydrogen) atoms. The number of likely N-dealkylation sites (tertiary alicyclic amines) is 1. The summed E-state index contributed by atoms with van der Waals surface area (Å²) < 4.78 is 5.67. The number of fused-ring (bicyclic) bond motifs is 1. The summed E-state index contributed by atoms with van der Waals surface area (Å²) in [6, 6.07) is 22.5. The Labute approximate surface area is 221 Å². The van der Waals surface area contributed by atoms with Crippen molar-refractivity contribution in [2.75, 3.05) is 19.7 Å². The van der Waals surface area contributed by atoms with E-state index in [1.807, 2.05) is 48.5 Å². The first-order valence-electron chi connectivity index (χ1n) is 12.6. The van der Waals surface area contributed by atoms with Crippen LogP contribution >= 0.6 is 11.6 Å². The number of nitrogens with one attached hydrogen (secondary N) is 1. The van der Waals surface area contributed by atoms with Crippen molar-refractivity contribution in [2.45, 2.75) is 31.8 Å². The van der Waals surface area contributed by atoms with Gasteiger partial charge >= 0.3 is 0 Å². The molecule has 7 heteroatoms. The van der Waals surface area contributed by atoms with E-state index in [2.05, 4.69) is 27.3 Å². The number of ether oxygens (including phenoxy) is 1. The van der Waals surface area contributed by atoms with Crippen molar-refractivity contribution >= 4 is 28.4 Å². The van der Waals surface area contributed by atoms with Gasteiger partial charge in [0.05, 0.1) is 11.1 Å². The van der Waals surface area contributed by atoms with Crippen LogP contribution in [0.5, 0.6) is 11.5 Å². The summed E-state index contributed by atoms with van der Waals surface area (Å²) in [4.78, 5) is 19.7. The average Bonchev–Trinajstić information content (AvgIpc) is 3.44. The van der Waals surface area contributed by atoms with Gasteiger partial charge in [0, 0.05) is 30.1 Å². The van der Waals surface area contributed by atoms with Crippen LogP contribution in [0, 0.1) is 0 Å². The van der Waals surface area contributed by atoms with E-state index < -0.39 is 6.04 Å². The zero-order chi connectivity index (χ0) is 25.6. The second-order valence-electron chi connectivity index (χ2n) is 9.42. The van der Waals surface area contributed by atoms with Gasteiger partial charge in [0.25, 0.3) is 5.91 Å². The molecular formula is C30H30ClN3O3. The molecule has 2 N–H and O–H groups in total. The normalized spacial score (nSPS) is 14.5. The minimum Gasteiger partial charge on any atom is -0.505 e. The van der Waals surface area contributed by atoms with Crippen LogP contribution in [0.2, 0.25) is 5.02 Å². The predicted molar refractivity (Wildman–Crippen MR) is 146 cm³/mol. The summed E-state index contributed by atoms with van der Waals surface area (Å²) in [6.45, 7) is 2.98. The van der Waals surface area contributed by atoms with Gasteiger partial charge < -0.3 is 15.2 Å². The number of nitrogens with zero attached hydrogens (tertiary/aromatic N) is 2. The molecule has 5 rings (SSSR count). The minimum absolute atomic E-state index is 0.0769. The number of halogens is 1. The highest BCUT2D eigenvalue weighted by Crippen LogP contribution is 2.35. The second-order valence-corrected chi connectivity index (χ2v) is 9.83. The summed E-state index contributed by atoms with van der Waals surface area (Å²) in [5.41, 5.74) is 3.23. The van der Waals surface area contributed by atoms with Gasteiger partial charge in [0.2, 0.25) is 0 Å². The standard InChI is InChI=1S/C30H30ClN3O3/c31-26-17-23(30(36)29-25(26)12-7-13-32-29)18-27(33-28(35)20-37-24-10-2-1-3-11-24)22-9-6-8-21(16-22)19-34-14-4-5-15-34/h1-3,6-13,16-17,27,36H,4-5,14-15,18-20H2,(H,33,35). The van der Waals surface area contributed by atoms with Crippen LogP contribution in [-0.4, -0.2) is 40.6 Å². The molecule has 1 saturated heterocycles. The number of aromatic nitrogens is 1. The number of carbonyl (C=O) groups is 1. The molecule has 2 heterocycles. The van der Waals surface area contributed by atoms with Crippen LogP contribution < -0.4 is 10.1 Å². The molecule has 1 fully saturated rings. The van der Waals surface area contributed by atoms with Gasteiger partial charge in [-0.3, -0.25) is 14.7 Å². The summed E-state index contributed by atoms with van der Waals surface area (Å²) in [6.07, 6.45) is 4.44. The third-order valence-corrected chi connectivity index (χ3v) is 7.04. The van der Waals surface area contributed by atoms with Gasteiger partial charge in [-0.1, -0.05) is 54.1 Å². The van der Waals surface area contributed by atoms with Crippen LogP contribution in [0.1, 0.15) is 35.6 Å². The lowest BCUT2D eigenvalue weighted by molar-refractivity contribution is -0.123. The Balaban J connectivity index is 1.41. The van der Waals surface area contributed by atoms with E-state index in [0.29, 0.717) is 33.7 Å². The Hall–Kier alpha value is -3.61. The molecule has 1 aliphatic rings. The van der Waals surface area contributed by atoms with E-state index in [4.69, 9.17) is 16.3 Å². The van der Waals surface area contributed by atoms with Crippen LogP contribution in [0.4, 0.5) is 0 Å². The zero-order valence-corrected chi connectivity index (χ0v) is 21.3. The highest BCUT2D eigenvalue weighted by molar-refractivity contribution is 6.35. The highest BCUT2D eigenvalue weighted by Gasteiger charge is 2.21. The number of pyridine rings is 1. The topological polar surface area (TPSA) is 74.7 Å². The lowest BCUT2D eigenvalue weighted by atomic mass is 9.95. The molecule has 6 nitrogen and oxygen atoms in total. The third-order valence-electron chi connectivity index (χ3n) is 6.73. The summed E-state index contributed by atoms with van der Waals surface area (Å²) in [5.74, 6) is 0.461. The van der Waals surface area contributed by atoms with Crippen molar-refractivity contribution in [3.05, 3.63) is 101 Å². The second kappa shape index (κ2) is 11.6. The SMILES string of the molecule is O=C(COc1ccccc1)NC(Cc1cc(Cl)c2cccnc2c1O)c1cccc(CN2CCCC2)c1. The molecule has 0 bridgehead atoms. The maximum Gasteiger partial charge on any atom is 0.258 e. The molecule has 1 aliphatic heterocycles. The monoisotopic (exact) mass is 515 g/mol. The Morgan fingerprint density at radius 3 is 2.68 bits per heavy atom. The number of carbonyl (C=O) groups excluding carboxylic acids is 1. The first kappa shape index (κ1) is 25.1. The Kier molecular flexibility index (Phi) is 7.87. The first-order valence-corrected chi connectivity index (χ1v) is 13.0. The quantitative estimate of drug-likeness (QED) is 0.300. The maximum absolute atomic E-state index is 13.0. The molecular weight excluding hydrogens is 486 g/mol. The molecule has 1 atom stereocenters. The van der Waals surface area contributed by atoms with Crippen molar-refractivity contribution < 1.29 is 14.6 Å². The Bertz CT molecular complexity index is 1370. The van der Waals surface area contributed by atoms with E-state index in [1.165, 1.54) is 18.4 Å². The predicted octanol–water partition coefficient (Wildman–Crippen LogP) is 5.67. The molecule has 4 aromatic rings. The molecule has 1 aromatic heterocycles. The molecule has 0 spiro atoms. The van der Waals surface area contributed by atoms with E-state index >= 15 is 0 Å². The van der Waals surface area contributed by atoms with Crippen LogP contribution in [-0.2, 0) is 17.8 Å². The summed E-state index contributed by atoms with van der Waals surface area (Å²) in [7, 11) is 0. The number of aromatic hydroxyl groups is 1. The fraction of sp³-hybridized carbons (Fsp3) is 0.267. The van der Waals surface area contributed by atoms with Gasteiger partial charge in [-0.15, -0.1) is 0 Å². The third kappa shape index (κ3) is 6.21. The molecule has 190 valence electrons. The molecule has 0 saturated carbocycles. The van der Waals surface area contributed by atoms with Crippen molar-refractivity contribution in [1.29, 1.82) is 0 Å². The van der Waals surface area contributed by atoms with Crippen molar-refractivity contribution in [3.8, 4) is 11.5 Å². The fourth-order valence-corrected chi connectivity index (χ4v) is 5.16. The molecule has 1 amide bonds. The number of amides is 1. The van der Waals surface area contributed by atoms with Crippen molar-refractivity contribution in [1.82, 2.24) is 15.2 Å². The largest absolute Gasteiger partial charge is 0.505 e. The number of phenols is 1. The average molecular weight is 516 g/mol. The fourth-order valence-electron chi connectivity index (χ4n) is 4.87. The van der Waals surface area contributed by atoms with Crippen molar-refractivity contribution in [3.63, 3.8) is 0 Å². The van der Waals surface area contributed by atoms with E-state index in [0.717, 1.165) is 25.2 Å². The van der Waals surface area contributed by atoms with Crippen LogP contribution in [0.15, 0.2) is 79.0 Å².